The van der Waals surface area contributed by atoms with Crippen molar-refractivity contribution in [2.75, 3.05) is 21.3 Å². The van der Waals surface area contributed by atoms with Gasteiger partial charge in [-0.2, -0.15) is 10.2 Å². The molecule has 8 nitrogen and oxygen atoms in total. The maximum atomic E-state index is 12.5. The quantitative estimate of drug-likeness (QED) is 0.341. The second kappa shape index (κ2) is 9.22. The number of carbonyl (C=O) groups is 1. The first-order chi connectivity index (χ1) is 15.6. The Morgan fingerprint density at radius 1 is 0.906 bits per heavy atom. The highest BCUT2D eigenvalue weighted by Crippen LogP contribution is 2.33. The van der Waals surface area contributed by atoms with Gasteiger partial charge in [-0.05, 0) is 29.0 Å². The molecule has 162 valence electrons. The van der Waals surface area contributed by atoms with E-state index in [1.54, 1.807) is 32.4 Å². The first kappa shape index (κ1) is 20.9. The number of hydrogen-bond acceptors (Lipinski definition) is 6. The van der Waals surface area contributed by atoms with Crippen molar-refractivity contribution in [1.29, 1.82) is 0 Å². The van der Waals surface area contributed by atoms with Crippen molar-refractivity contribution in [2.45, 2.75) is 0 Å². The molecule has 0 saturated heterocycles. The molecule has 8 heteroatoms. The normalized spacial score (nSPS) is 11.0. The van der Waals surface area contributed by atoms with Gasteiger partial charge in [0.15, 0.2) is 11.5 Å². The number of hydrogen-bond donors (Lipinski definition) is 2. The summed E-state index contributed by atoms with van der Waals surface area (Å²) in [5, 5.41) is 13.3. The van der Waals surface area contributed by atoms with Crippen LogP contribution in [0, 0.1) is 0 Å². The highest BCUT2D eigenvalue weighted by Gasteiger charge is 2.12. The number of ether oxygens (including phenoxy) is 3. The lowest BCUT2D eigenvalue weighted by molar-refractivity contribution is 0.0950. The summed E-state index contributed by atoms with van der Waals surface area (Å²) in [5.74, 6) is 1.17. The predicted octanol–water partition coefficient (Wildman–Crippen LogP) is 4.02. The number of methoxy groups -OCH3 is 3. The van der Waals surface area contributed by atoms with Crippen LogP contribution in [-0.4, -0.2) is 43.6 Å². The van der Waals surface area contributed by atoms with Crippen LogP contribution in [0.15, 0.2) is 65.8 Å². The second-order valence-corrected chi connectivity index (χ2v) is 6.88. The zero-order chi connectivity index (χ0) is 22.5. The van der Waals surface area contributed by atoms with E-state index >= 15 is 0 Å². The van der Waals surface area contributed by atoms with Gasteiger partial charge in [-0.1, -0.05) is 36.4 Å². The van der Waals surface area contributed by atoms with E-state index in [0.717, 1.165) is 16.3 Å². The highest BCUT2D eigenvalue weighted by molar-refractivity contribution is 5.95. The Kier molecular flexibility index (Phi) is 6.03. The van der Waals surface area contributed by atoms with Crippen LogP contribution in [0.25, 0.3) is 22.0 Å². The number of nitrogens with zero attached hydrogens (tertiary/aromatic N) is 2. The number of aromatic nitrogens is 2. The van der Waals surface area contributed by atoms with Crippen LogP contribution < -0.4 is 19.6 Å². The van der Waals surface area contributed by atoms with Gasteiger partial charge in [-0.25, -0.2) is 5.43 Å². The number of aromatic amines is 1. The maximum absolute atomic E-state index is 12.5. The number of benzene rings is 3. The van der Waals surface area contributed by atoms with Crippen molar-refractivity contribution in [1.82, 2.24) is 15.6 Å². The first-order valence-corrected chi connectivity index (χ1v) is 9.81. The molecule has 0 fully saturated rings. The Balaban J connectivity index is 1.49. The predicted molar refractivity (Wildman–Crippen MR) is 123 cm³/mol. The monoisotopic (exact) mass is 430 g/mol. The molecule has 3 aromatic carbocycles. The lowest BCUT2D eigenvalue weighted by atomic mass is 10.1. The molecular weight excluding hydrogens is 408 g/mol. The lowest BCUT2D eigenvalue weighted by Gasteiger charge is -2.11. The topological polar surface area (TPSA) is 97.8 Å². The molecule has 1 aromatic heterocycles. The minimum Gasteiger partial charge on any atom is -0.496 e. The molecule has 2 N–H and O–H groups in total. The standard InChI is InChI=1S/C24H22N4O4/c1-30-21-13-23(32-3)22(31-2)11-18(21)14-25-28-24(29)20-12-19(26-27-20)17-9-8-15-6-4-5-7-16(15)10-17/h4-14H,1-3H3,(H,26,27)(H,28,29). The molecule has 0 atom stereocenters. The van der Waals surface area contributed by atoms with E-state index in [2.05, 4.69) is 20.7 Å². The van der Waals surface area contributed by atoms with E-state index in [1.807, 2.05) is 42.5 Å². The average Bonchev–Trinajstić information content (AvgIpc) is 3.33. The minimum absolute atomic E-state index is 0.296. The van der Waals surface area contributed by atoms with Crippen LogP contribution in [0.3, 0.4) is 0 Å². The van der Waals surface area contributed by atoms with E-state index in [1.165, 1.54) is 13.3 Å². The summed E-state index contributed by atoms with van der Waals surface area (Å²) < 4.78 is 15.9. The van der Waals surface area contributed by atoms with Crippen molar-refractivity contribution in [3.8, 4) is 28.5 Å². The fourth-order valence-electron chi connectivity index (χ4n) is 3.31. The SMILES string of the molecule is COc1cc(OC)c(OC)cc1C=NNC(=O)c1cc(-c2ccc3ccccc3c2)n[nH]1. The average molecular weight is 430 g/mol. The van der Waals surface area contributed by atoms with Crippen LogP contribution in [0.1, 0.15) is 16.1 Å². The number of amides is 1. The van der Waals surface area contributed by atoms with Crippen molar-refractivity contribution < 1.29 is 19.0 Å². The van der Waals surface area contributed by atoms with Crippen LogP contribution in [0.4, 0.5) is 0 Å². The highest BCUT2D eigenvalue weighted by atomic mass is 16.5. The second-order valence-electron chi connectivity index (χ2n) is 6.88. The van der Waals surface area contributed by atoms with E-state index in [-0.39, 0.29) is 0 Å². The van der Waals surface area contributed by atoms with Crippen LogP contribution in [0.2, 0.25) is 0 Å². The molecule has 4 rings (SSSR count). The number of fused-ring (bicyclic) bond motifs is 1. The third kappa shape index (κ3) is 4.24. The van der Waals surface area contributed by atoms with Gasteiger partial charge in [-0.15, -0.1) is 0 Å². The number of rotatable bonds is 7. The first-order valence-electron chi connectivity index (χ1n) is 9.81. The van der Waals surface area contributed by atoms with Crippen LogP contribution >= 0.6 is 0 Å². The molecule has 0 aliphatic heterocycles. The van der Waals surface area contributed by atoms with Gasteiger partial charge in [0.05, 0.1) is 33.2 Å². The molecule has 0 bridgehead atoms. The largest absolute Gasteiger partial charge is 0.496 e. The number of carbonyl (C=O) groups excluding carboxylic acids is 1. The Morgan fingerprint density at radius 2 is 1.62 bits per heavy atom. The Bertz CT molecular complexity index is 1300. The van der Waals surface area contributed by atoms with Gasteiger partial charge in [0, 0.05) is 17.2 Å². The third-order valence-corrected chi connectivity index (χ3v) is 4.97. The zero-order valence-electron chi connectivity index (χ0n) is 17.9. The zero-order valence-corrected chi connectivity index (χ0v) is 17.9. The number of nitrogens with one attached hydrogen (secondary N) is 2. The molecule has 32 heavy (non-hydrogen) atoms. The van der Waals surface area contributed by atoms with Crippen LogP contribution in [0.5, 0.6) is 17.2 Å². The van der Waals surface area contributed by atoms with E-state index in [9.17, 15) is 4.79 Å². The fourth-order valence-corrected chi connectivity index (χ4v) is 3.31. The Morgan fingerprint density at radius 3 is 2.38 bits per heavy atom. The number of H-pyrrole nitrogens is 1. The summed E-state index contributed by atoms with van der Waals surface area (Å²) in [6.07, 6.45) is 1.47. The summed E-state index contributed by atoms with van der Waals surface area (Å²) in [6, 6.07) is 19.2. The molecule has 0 aliphatic carbocycles. The number of hydrazone groups is 1. The minimum atomic E-state index is -0.416. The lowest BCUT2D eigenvalue weighted by Crippen LogP contribution is -2.18. The summed E-state index contributed by atoms with van der Waals surface area (Å²) >= 11 is 0. The maximum Gasteiger partial charge on any atom is 0.289 e. The van der Waals surface area contributed by atoms with Crippen molar-refractivity contribution in [3.63, 3.8) is 0 Å². The van der Waals surface area contributed by atoms with Gasteiger partial charge in [-0.3, -0.25) is 9.89 Å². The Labute approximate surface area is 184 Å². The summed E-state index contributed by atoms with van der Waals surface area (Å²) in [5.41, 5.74) is 4.99. The molecule has 1 amide bonds. The Hall–Kier alpha value is -4.33. The summed E-state index contributed by atoms with van der Waals surface area (Å²) in [7, 11) is 4.62. The van der Waals surface area contributed by atoms with Crippen molar-refractivity contribution in [2.24, 2.45) is 5.10 Å². The molecule has 0 radical (unpaired) electrons. The van der Waals surface area contributed by atoms with Gasteiger partial charge < -0.3 is 14.2 Å². The van der Waals surface area contributed by atoms with E-state index in [0.29, 0.717) is 34.2 Å². The van der Waals surface area contributed by atoms with Gasteiger partial charge >= 0.3 is 0 Å². The van der Waals surface area contributed by atoms with Crippen molar-refractivity contribution in [3.05, 3.63) is 71.9 Å². The smallest absolute Gasteiger partial charge is 0.289 e. The summed E-state index contributed by atoms with van der Waals surface area (Å²) in [4.78, 5) is 12.5. The van der Waals surface area contributed by atoms with Crippen molar-refractivity contribution >= 4 is 22.9 Å². The molecule has 0 aliphatic rings. The molecule has 0 spiro atoms. The molecule has 0 saturated carbocycles. The fraction of sp³-hybridized carbons (Fsp3) is 0.125. The molecule has 0 unspecified atom stereocenters. The van der Waals surface area contributed by atoms with Gasteiger partial charge in [0.1, 0.15) is 11.4 Å². The van der Waals surface area contributed by atoms with Gasteiger partial charge in [0.2, 0.25) is 0 Å². The summed E-state index contributed by atoms with van der Waals surface area (Å²) in [6.45, 7) is 0. The van der Waals surface area contributed by atoms with Crippen LogP contribution in [-0.2, 0) is 0 Å². The molecule has 1 heterocycles. The third-order valence-electron chi connectivity index (χ3n) is 4.97. The molecular formula is C24H22N4O4. The van der Waals surface area contributed by atoms with E-state index in [4.69, 9.17) is 14.2 Å². The van der Waals surface area contributed by atoms with E-state index < -0.39 is 5.91 Å². The van der Waals surface area contributed by atoms with Gasteiger partial charge in [0.25, 0.3) is 5.91 Å². The molecule has 4 aromatic rings.